The van der Waals surface area contributed by atoms with Crippen molar-refractivity contribution >= 4 is 5.91 Å². The molecule has 0 aliphatic carbocycles. The minimum atomic E-state index is -0.186. The van der Waals surface area contributed by atoms with Crippen molar-refractivity contribution in [1.82, 2.24) is 39.6 Å². The molecule has 0 saturated carbocycles. The number of likely N-dealkylation sites (tertiary alicyclic amines) is 1. The predicted octanol–water partition coefficient (Wildman–Crippen LogP) is -0.204. The van der Waals surface area contributed by atoms with Gasteiger partial charge in [-0.25, -0.2) is 4.98 Å². The molecule has 146 valence electrons. The number of hydrogen-bond acceptors (Lipinski definition) is 7. The van der Waals surface area contributed by atoms with E-state index in [1.54, 1.807) is 16.6 Å². The largest absolute Gasteiger partial charge is 0.379 e. The highest BCUT2D eigenvalue weighted by atomic mass is 16.5. The lowest BCUT2D eigenvalue weighted by Gasteiger charge is -2.31. The van der Waals surface area contributed by atoms with Gasteiger partial charge in [0.05, 0.1) is 25.5 Å². The predicted molar refractivity (Wildman–Crippen MR) is 96.0 cm³/mol. The van der Waals surface area contributed by atoms with Gasteiger partial charge < -0.3 is 14.5 Å². The molecule has 27 heavy (non-hydrogen) atoms. The molecular weight excluding hydrogens is 348 g/mol. The molecule has 0 bridgehead atoms. The lowest BCUT2D eigenvalue weighted by Crippen LogP contribution is -2.41. The van der Waals surface area contributed by atoms with E-state index >= 15 is 0 Å². The fourth-order valence-corrected chi connectivity index (χ4v) is 3.91. The third-order valence-electron chi connectivity index (χ3n) is 5.26. The quantitative estimate of drug-likeness (QED) is 0.646. The normalized spacial score (nSPS) is 20.2. The SMILES string of the molecule is Cn1cnc(C(=O)N2Cc3nnn(C)c3[C@@H](COCCN3CCCC3)C2)n1. The average molecular weight is 374 g/mol. The molecule has 4 rings (SSSR count). The van der Waals surface area contributed by atoms with E-state index in [1.807, 2.05) is 7.05 Å². The van der Waals surface area contributed by atoms with Crippen molar-refractivity contribution in [2.45, 2.75) is 25.3 Å². The van der Waals surface area contributed by atoms with E-state index in [-0.39, 0.29) is 17.6 Å². The number of aryl methyl sites for hydroxylation is 2. The average Bonchev–Trinajstić information content (AvgIpc) is 3.40. The van der Waals surface area contributed by atoms with E-state index < -0.39 is 0 Å². The Morgan fingerprint density at radius 1 is 1.30 bits per heavy atom. The number of amides is 1. The van der Waals surface area contributed by atoms with Gasteiger partial charge in [-0.15, -0.1) is 10.2 Å². The van der Waals surface area contributed by atoms with Gasteiger partial charge in [-0.3, -0.25) is 14.2 Å². The first-order chi connectivity index (χ1) is 13.1. The third-order valence-corrected chi connectivity index (χ3v) is 5.26. The van der Waals surface area contributed by atoms with Crippen LogP contribution in [-0.4, -0.2) is 84.9 Å². The summed E-state index contributed by atoms with van der Waals surface area (Å²) in [5, 5.41) is 12.5. The van der Waals surface area contributed by atoms with Gasteiger partial charge in [0.1, 0.15) is 12.0 Å². The highest BCUT2D eigenvalue weighted by Gasteiger charge is 2.34. The van der Waals surface area contributed by atoms with E-state index in [1.165, 1.54) is 36.9 Å². The van der Waals surface area contributed by atoms with Crippen molar-refractivity contribution in [3.8, 4) is 0 Å². The van der Waals surface area contributed by atoms with Crippen molar-refractivity contribution in [3.05, 3.63) is 23.5 Å². The van der Waals surface area contributed by atoms with Crippen molar-refractivity contribution in [3.63, 3.8) is 0 Å². The molecule has 4 heterocycles. The summed E-state index contributed by atoms with van der Waals surface area (Å²) in [5.41, 5.74) is 1.87. The van der Waals surface area contributed by atoms with Gasteiger partial charge >= 0.3 is 0 Å². The molecule has 0 N–H and O–H groups in total. The van der Waals surface area contributed by atoms with Gasteiger partial charge in [-0.1, -0.05) is 5.21 Å². The van der Waals surface area contributed by atoms with Gasteiger partial charge in [0.15, 0.2) is 0 Å². The van der Waals surface area contributed by atoms with Gasteiger partial charge in [-0.2, -0.15) is 0 Å². The molecule has 1 amide bonds. The Labute approximate surface area is 158 Å². The fraction of sp³-hybridized carbons (Fsp3) is 0.706. The minimum Gasteiger partial charge on any atom is -0.379 e. The monoisotopic (exact) mass is 374 g/mol. The molecule has 1 atom stereocenters. The lowest BCUT2D eigenvalue weighted by atomic mass is 9.99. The summed E-state index contributed by atoms with van der Waals surface area (Å²) in [6, 6.07) is 0. The van der Waals surface area contributed by atoms with Crippen LogP contribution >= 0.6 is 0 Å². The first-order valence-corrected chi connectivity index (χ1v) is 9.45. The Morgan fingerprint density at radius 3 is 2.85 bits per heavy atom. The Balaban J connectivity index is 1.41. The van der Waals surface area contributed by atoms with Crippen LogP contribution in [0.15, 0.2) is 6.33 Å². The Morgan fingerprint density at radius 2 is 2.11 bits per heavy atom. The molecule has 10 heteroatoms. The molecule has 2 aliphatic rings. The standard InChI is InChI=1S/C17H26N8O2/c1-22-12-18-16(20-22)17(26)25-9-13(15-14(10-25)19-21-23(15)2)11-27-8-7-24-5-3-4-6-24/h12-13H,3-11H2,1-2H3/t13-/m1/s1. The summed E-state index contributed by atoms with van der Waals surface area (Å²) in [4.78, 5) is 21.0. The molecule has 0 radical (unpaired) electrons. The molecule has 0 unspecified atom stereocenters. The Hall–Kier alpha value is -2.33. The fourth-order valence-electron chi connectivity index (χ4n) is 3.91. The summed E-state index contributed by atoms with van der Waals surface area (Å²) in [7, 11) is 3.64. The number of nitrogens with zero attached hydrogens (tertiary/aromatic N) is 8. The van der Waals surface area contributed by atoms with Crippen LogP contribution in [0.4, 0.5) is 0 Å². The van der Waals surface area contributed by atoms with Crippen LogP contribution in [0.3, 0.4) is 0 Å². The first-order valence-electron chi connectivity index (χ1n) is 9.45. The number of ether oxygens (including phenoxy) is 1. The number of fused-ring (bicyclic) bond motifs is 1. The van der Waals surface area contributed by atoms with Crippen molar-refractivity contribution in [2.75, 3.05) is 39.4 Å². The third kappa shape index (κ3) is 3.86. The van der Waals surface area contributed by atoms with Crippen LogP contribution in [0.1, 0.15) is 40.8 Å². The maximum atomic E-state index is 12.8. The van der Waals surface area contributed by atoms with Crippen molar-refractivity contribution in [2.24, 2.45) is 14.1 Å². The van der Waals surface area contributed by atoms with Crippen LogP contribution in [0, 0.1) is 0 Å². The van der Waals surface area contributed by atoms with Crippen molar-refractivity contribution in [1.29, 1.82) is 0 Å². The first kappa shape index (κ1) is 18.1. The summed E-state index contributed by atoms with van der Waals surface area (Å²) in [5.74, 6) is 0.0625. The highest BCUT2D eigenvalue weighted by Crippen LogP contribution is 2.27. The minimum absolute atomic E-state index is 0.0417. The van der Waals surface area contributed by atoms with Crippen LogP contribution in [-0.2, 0) is 25.4 Å². The number of carbonyl (C=O) groups excluding carboxylic acids is 1. The summed E-state index contributed by atoms with van der Waals surface area (Å²) in [6.45, 7) is 5.52. The molecule has 2 aromatic rings. The smallest absolute Gasteiger partial charge is 0.293 e. The number of hydrogen-bond donors (Lipinski definition) is 0. The molecule has 2 aliphatic heterocycles. The maximum Gasteiger partial charge on any atom is 0.293 e. The molecule has 2 aromatic heterocycles. The second kappa shape index (κ2) is 7.73. The van der Waals surface area contributed by atoms with Gasteiger partial charge in [0.2, 0.25) is 5.82 Å². The zero-order chi connectivity index (χ0) is 18.8. The Bertz CT molecular complexity index is 795. The summed E-state index contributed by atoms with van der Waals surface area (Å²) < 4.78 is 9.30. The van der Waals surface area contributed by atoms with E-state index in [0.717, 1.165) is 17.9 Å². The maximum absolute atomic E-state index is 12.8. The Kier molecular flexibility index (Phi) is 5.17. The van der Waals surface area contributed by atoms with E-state index in [4.69, 9.17) is 4.74 Å². The zero-order valence-electron chi connectivity index (χ0n) is 15.9. The number of rotatable bonds is 6. The van der Waals surface area contributed by atoms with Crippen LogP contribution in [0.5, 0.6) is 0 Å². The highest BCUT2D eigenvalue weighted by molar-refractivity contribution is 5.90. The summed E-state index contributed by atoms with van der Waals surface area (Å²) in [6.07, 6.45) is 4.10. The van der Waals surface area contributed by atoms with Gasteiger partial charge in [-0.05, 0) is 25.9 Å². The summed E-state index contributed by atoms with van der Waals surface area (Å²) >= 11 is 0. The molecule has 0 aromatic carbocycles. The van der Waals surface area contributed by atoms with E-state index in [9.17, 15) is 4.79 Å². The van der Waals surface area contributed by atoms with Crippen LogP contribution in [0.2, 0.25) is 0 Å². The van der Waals surface area contributed by atoms with E-state index in [2.05, 4.69) is 25.3 Å². The van der Waals surface area contributed by atoms with Crippen molar-refractivity contribution < 1.29 is 9.53 Å². The van der Waals surface area contributed by atoms with Gasteiger partial charge in [0.25, 0.3) is 5.91 Å². The molecule has 1 fully saturated rings. The second-order valence-electron chi connectivity index (χ2n) is 7.29. The number of carbonyl (C=O) groups is 1. The molecule has 0 spiro atoms. The molecule has 1 saturated heterocycles. The number of aromatic nitrogens is 6. The lowest BCUT2D eigenvalue weighted by molar-refractivity contribution is 0.0594. The van der Waals surface area contributed by atoms with E-state index in [0.29, 0.717) is 26.3 Å². The topological polar surface area (TPSA) is 94.2 Å². The van der Waals surface area contributed by atoms with Crippen LogP contribution in [0.25, 0.3) is 0 Å². The zero-order valence-corrected chi connectivity index (χ0v) is 15.9. The van der Waals surface area contributed by atoms with Gasteiger partial charge in [0, 0.05) is 33.1 Å². The molecule has 10 nitrogen and oxygen atoms in total. The molecular formula is C17H26N8O2. The second-order valence-corrected chi connectivity index (χ2v) is 7.29. The van der Waals surface area contributed by atoms with Crippen LogP contribution < -0.4 is 0 Å².